The van der Waals surface area contributed by atoms with Crippen LogP contribution in [0.3, 0.4) is 0 Å². The summed E-state index contributed by atoms with van der Waals surface area (Å²) in [5.74, 6) is 1.65. The van der Waals surface area contributed by atoms with Crippen molar-refractivity contribution < 1.29 is 9.53 Å². The van der Waals surface area contributed by atoms with Crippen LogP contribution in [-0.2, 0) is 11.2 Å². The van der Waals surface area contributed by atoms with E-state index in [4.69, 9.17) is 4.74 Å². The third-order valence-corrected chi connectivity index (χ3v) is 5.92. The van der Waals surface area contributed by atoms with Crippen LogP contribution in [-0.4, -0.2) is 46.0 Å². The maximum Gasteiger partial charge on any atom is 0.223 e. The van der Waals surface area contributed by atoms with E-state index in [0.717, 1.165) is 35.5 Å². The SMILES string of the molecule is COc1ccc2ccccc2c1CCC(=O)N1CC(n2cc(C3CC3)nn2)C1. The van der Waals surface area contributed by atoms with Gasteiger partial charge in [-0.2, -0.15) is 0 Å². The normalized spacial score (nSPS) is 17.0. The number of benzene rings is 2. The Labute approximate surface area is 164 Å². The van der Waals surface area contributed by atoms with Gasteiger partial charge in [-0.1, -0.05) is 35.5 Å². The predicted octanol–water partition coefficient (Wildman–Crippen LogP) is 3.33. The maximum absolute atomic E-state index is 12.7. The number of hydrogen-bond donors (Lipinski definition) is 0. The van der Waals surface area contributed by atoms with Crippen LogP contribution in [0.1, 0.15) is 42.5 Å². The van der Waals surface area contributed by atoms with Crippen LogP contribution in [0, 0.1) is 0 Å². The smallest absolute Gasteiger partial charge is 0.223 e. The molecule has 2 fully saturated rings. The molecule has 144 valence electrons. The van der Waals surface area contributed by atoms with Crippen molar-refractivity contribution in [1.82, 2.24) is 19.9 Å². The molecule has 1 saturated heterocycles. The van der Waals surface area contributed by atoms with E-state index in [1.165, 1.54) is 18.2 Å². The van der Waals surface area contributed by atoms with Gasteiger partial charge in [0.1, 0.15) is 5.75 Å². The Balaban J connectivity index is 1.22. The molecule has 2 aliphatic rings. The second kappa shape index (κ2) is 6.93. The number of carbonyl (C=O) groups excluding carboxylic acids is 1. The molecule has 0 spiro atoms. The fourth-order valence-electron chi connectivity index (χ4n) is 4.02. The summed E-state index contributed by atoms with van der Waals surface area (Å²) in [6, 6.07) is 12.6. The zero-order chi connectivity index (χ0) is 19.1. The summed E-state index contributed by atoms with van der Waals surface area (Å²) in [6.45, 7) is 1.44. The summed E-state index contributed by atoms with van der Waals surface area (Å²) >= 11 is 0. The molecule has 2 heterocycles. The van der Waals surface area contributed by atoms with Crippen molar-refractivity contribution in [2.75, 3.05) is 20.2 Å². The number of hydrogen-bond acceptors (Lipinski definition) is 4. The van der Waals surface area contributed by atoms with Crippen LogP contribution >= 0.6 is 0 Å². The minimum absolute atomic E-state index is 0.189. The van der Waals surface area contributed by atoms with Crippen molar-refractivity contribution in [3.8, 4) is 5.75 Å². The fraction of sp³-hybridized carbons (Fsp3) is 0.409. The lowest BCUT2D eigenvalue weighted by atomic mass is 9.98. The highest BCUT2D eigenvalue weighted by Crippen LogP contribution is 2.39. The number of rotatable bonds is 6. The maximum atomic E-state index is 12.7. The van der Waals surface area contributed by atoms with Gasteiger partial charge in [0.2, 0.25) is 5.91 Å². The number of likely N-dealkylation sites (tertiary alicyclic amines) is 1. The van der Waals surface area contributed by atoms with Gasteiger partial charge < -0.3 is 9.64 Å². The number of aryl methyl sites for hydroxylation is 1. The van der Waals surface area contributed by atoms with Crippen LogP contribution < -0.4 is 4.74 Å². The lowest BCUT2D eigenvalue weighted by molar-refractivity contribution is -0.137. The van der Waals surface area contributed by atoms with Crippen molar-refractivity contribution in [1.29, 1.82) is 0 Å². The Morgan fingerprint density at radius 3 is 2.79 bits per heavy atom. The molecule has 2 aromatic carbocycles. The number of carbonyl (C=O) groups is 1. The zero-order valence-electron chi connectivity index (χ0n) is 16.0. The number of ether oxygens (including phenoxy) is 1. The first-order chi connectivity index (χ1) is 13.7. The monoisotopic (exact) mass is 376 g/mol. The molecule has 1 aromatic heterocycles. The van der Waals surface area contributed by atoms with Crippen molar-refractivity contribution in [3.63, 3.8) is 0 Å². The largest absolute Gasteiger partial charge is 0.496 e. The first-order valence-corrected chi connectivity index (χ1v) is 9.97. The van der Waals surface area contributed by atoms with E-state index in [-0.39, 0.29) is 11.9 Å². The van der Waals surface area contributed by atoms with E-state index in [0.29, 0.717) is 18.8 Å². The molecule has 6 nitrogen and oxygen atoms in total. The summed E-state index contributed by atoms with van der Waals surface area (Å²) in [7, 11) is 1.68. The highest BCUT2D eigenvalue weighted by atomic mass is 16.5. The minimum atomic E-state index is 0.189. The summed E-state index contributed by atoms with van der Waals surface area (Å²) < 4.78 is 7.48. The summed E-state index contributed by atoms with van der Waals surface area (Å²) in [5.41, 5.74) is 2.21. The van der Waals surface area contributed by atoms with Gasteiger partial charge in [-0.15, -0.1) is 5.10 Å². The first-order valence-electron chi connectivity index (χ1n) is 9.97. The van der Waals surface area contributed by atoms with Gasteiger partial charge in [0.25, 0.3) is 0 Å². The van der Waals surface area contributed by atoms with Crippen molar-refractivity contribution in [2.45, 2.75) is 37.6 Å². The molecule has 1 aliphatic heterocycles. The van der Waals surface area contributed by atoms with Crippen molar-refractivity contribution >= 4 is 16.7 Å². The van der Waals surface area contributed by atoms with Gasteiger partial charge in [-0.3, -0.25) is 4.79 Å². The standard InChI is InChI=1S/C22H24N4O2/c1-28-21-10-8-15-4-2-3-5-18(15)19(21)9-11-22(27)25-12-17(13-25)26-14-20(23-24-26)16-6-7-16/h2-5,8,10,14,16-17H,6-7,9,11-13H2,1H3. The molecule has 0 unspecified atom stereocenters. The molecule has 1 saturated carbocycles. The van der Waals surface area contributed by atoms with E-state index in [1.807, 2.05) is 27.8 Å². The quantitative estimate of drug-likeness (QED) is 0.662. The third-order valence-electron chi connectivity index (χ3n) is 5.92. The second-order valence-corrected chi connectivity index (χ2v) is 7.82. The Morgan fingerprint density at radius 2 is 2.00 bits per heavy atom. The van der Waals surface area contributed by atoms with Crippen LogP contribution in [0.15, 0.2) is 42.6 Å². The number of nitrogens with zero attached hydrogens (tertiary/aromatic N) is 4. The van der Waals surface area contributed by atoms with E-state index < -0.39 is 0 Å². The van der Waals surface area contributed by atoms with Gasteiger partial charge in [0.15, 0.2) is 0 Å². The molecule has 28 heavy (non-hydrogen) atoms. The highest BCUT2D eigenvalue weighted by Gasteiger charge is 2.34. The van der Waals surface area contributed by atoms with Gasteiger partial charge in [-0.25, -0.2) is 4.68 Å². The molecular weight excluding hydrogens is 352 g/mol. The molecular formula is C22H24N4O2. The Morgan fingerprint density at radius 1 is 1.18 bits per heavy atom. The summed E-state index contributed by atoms with van der Waals surface area (Å²) in [6.07, 6.45) is 5.68. The van der Waals surface area contributed by atoms with E-state index in [1.54, 1.807) is 7.11 Å². The van der Waals surface area contributed by atoms with E-state index in [2.05, 4.69) is 34.7 Å². The van der Waals surface area contributed by atoms with Crippen LogP contribution in [0.25, 0.3) is 10.8 Å². The minimum Gasteiger partial charge on any atom is -0.496 e. The Bertz CT molecular complexity index is 1020. The molecule has 0 bridgehead atoms. The molecule has 1 aliphatic carbocycles. The van der Waals surface area contributed by atoms with Crippen LogP contribution in [0.4, 0.5) is 0 Å². The molecule has 5 rings (SSSR count). The number of methoxy groups -OCH3 is 1. The fourth-order valence-corrected chi connectivity index (χ4v) is 4.02. The Hall–Kier alpha value is -2.89. The second-order valence-electron chi connectivity index (χ2n) is 7.82. The molecule has 0 radical (unpaired) electrons. The first kappa shape index (κ1) is 17.2. The van der Waals surface area contributed by atoms with Gasteiger partial charge >= 0.3 is 0 Å². The average molecular weight is 376 g/mol. The van der Waals surface area contributed by atoms with Gasteiger partial charge in [0.05, 0.1) is 18.8 Å². The van der Waals surface area contributed by atoms with Crippen molar-refractivity contribution in [2.24, 2.45) is 0 Å². The zero-order valence-corrected chi connectivity index (χ0v) is 16.0. The molecule has 0 atom stereocenters. The average Bonchev–Trinajstić information content (AvgIpc) is 3.43. The summed E-state index contributed by atoms with van der Waals surface area (Å²) in [4.78, 5) is 14.6. The number of fused-ring (bicyclic) bond motifs is 1. The number of aromatic nitrogens is 3. The third kappa shape index (κ3) is 3.13. The summed E-state index contributed by atoms with van der Waals surface area (Å²) in [5, 5.41) is 10.9. The van der Waals surface area contributed by atoms with Crippen LogP contribution in [0.2, 0.25) is 0 Å². The number of amides is 1. The molecule has 3 aromatic rings. The van der Waals surface area contributed by atoms with E-state index >= 15 is 0 Å². The van der Waals surface area contributed by atoms with Crippen LogP contribution in [0.5, 0.6) is 5.75 Å². The van der Waals surface area contributed by atoms with E-state index in [9.17, 15) is 4.79 Å². The lowest BCUT2D eigenvalue weighted by Crippen LogP contribution is -2.51. The Kier molecular flexibility index (Phi) is 4.26. The lowest BCUT2D eigenvalue weighted by Gasteiger charge is -2.39. The molecule has 1 amide bonds. The highest BCUT2D eigenvalue weighted by molar-refractivity contribution is 5.88. The topological polar surface area (TPSA) is 60.2 Å². The predicted molar refractivity (Wildman–Crippen MR) is 106 cm³/mol. The molecule has 6 heteroatoms. The molecule has 0 N–H and O–H groups in total. The van der Waals surface area contributed by atoms with Gasteiger partial charge in [0, 0.05) is 37.2 Å². The van der Waals surface area contributed by atoms with Crippen molar-refractivity contribution in [3.05, 3.63) is 53.9 Å². The van der Waals surface area contributed by atoms with Gasteiger partial charge in [-0.05, 0) is 36.1 Å².